The second kappa shape index (κ2) is 19.4. The van der Waals surface area contributed by atoms with E-state index in [2.05, 4.69) is 4.74 Å². The standard InChI is InChI=1S/C23H34F4O8/c1-3-5-29-7-9-31-11-13-33-15-16-34-14-12-32-10-8-30-6-4-18(28)35-23-17(2)19(24)20(25)21(26)22(23)27/h3-16H2,1-2H3. The highest BCUT2D eigenvalue weighted by molar-refractivity contribution is 5.73. The molecule has 0 radical (unpaired) electrons. The maximum absolute atomic E-state index is 13.7. The smallest absolute Gasteiger partial charge is 0.313 e. The Morgan fingerprint density at radius 2 is 0.943 bits per heavy atom. The number of carbonyl (C=O) groups excluding carboxylic acids is 1. The maximum atomic E-state index is 13.7. The molecule has 0 saturated heterocycles. The van der Waals surface area contributed by atoms with Crippen LogP contribution in [0.25, 0.3) is 0 Å². The van der Waals surface area contributed by atoms with E-state index in [4.69, 9.17) is 28.4 Å². The molecule has 1 rings (SSSR count). The normalized spacial score (nSPS) is 11.3. The van der Waals surface area contributed by atoms with Gasteiger partial charge in [0.2, 0.25) is 11.6 Å². The molecule has 0 atom stereocenters. The van der Waals surface area contributed by atoms with Crippen LogP contribution in [-0.2, 0) is 33.2 Å². The van der Waals surface area contributed by atoms with Crippen LogP contribution in [0.1, 0.15) is 25.3 Å². The number of halogens is 4. The Kier molecular flexibility index (Phi) is 17.3. The van der Waals surface area contributed by atoms with Crippen LogP contribution in [0, 0.1) is 30.2 Å². The van der Waals surface area contributed by atoms with Crippen molar-refractivity contribution >= 4 is 5.97 Å². The molecular formula is C23H34F4O8. The number of esters is 1. The molecule has 0 aliphatic rings. The van der Waals surface area contributed by atoms with Gasteiger partial charge in [0.25, 0.3) is 0 Å². The Morgan fingerprint density at radius 1 is 0.571 bits per heavy atom. The SMILES string of the molecule is CCCOCCOCCOCCOCCOCCOCCC(=O)Oc1c(C)c(F)c(F)c(F)c1F. The largest absolute Gasteiger partial charge is 0.423 e. The molecule has 1 aromatic carbocycles. The van der Waals surface area contributed by atoms with Crippen LogP contribution < -0.4 is 4.74 Å². The molecule has 12 heteroatoms. The highest BCUT2D eigenvalue weighted by Crippen LogP contribution is 2.30. The summed E-state index contributed by atoms with van der Waals surface area (Å²) in [6.07, 6.45) is 0.681. The lowest BCUT2D eigenvalue weighted by molar-refractivity contribution is -0.136. The van der Waals surface area contributed by atoms with Crippen LogP contribution >= 0.6 is 0 Å². The van der Waals surface area contributed by atoms with E-state index >= 15 is 0 Å². The predicted octanol–water partition coefficient (Wildman–Crippen LogP) is 3.36. The molecule has 0 N–H and O–H groups in total. The number of rotatable bonds is 21. The third kappa shape index (κ3) is 13.2. The van der Waals surface area contributed by atoms with Gasteiger partial charge in [0, 0.05) is 12.2 Å². The van der Waals surface area contributed by atoms with Gasteiger partial charge in [-0.2, -0.15) is 4.39 Å². The summed E-state index contributed by atoms with van der Waals surface area (Å²) in [5.41, 5.74) is -0.643. The summed E-state index contributed by atoms with van der Waals surface area (Å²) in [4.78, 5) is 11.7. The molecule has 0 fully saturated rings. The van der Waals surface area contributed by atoms with Crippen LogP contribution in [0.3, 0.4) is 0 Å². The summed E-state index contributed by atoms with van der Waals surface area (Å²) >= 11 is 0. The predicted molar refractivity (Wildman–Crippen MR) is 116 cm³/mol. The van der Waals surface area contributed by atoms with Crippen LogP contribution in [0.2, 0.25) is 0 Å². The van der Waals surface area contributed by atoms with Crippen molar-refractivity contribution in [3.63, 3.8) is 0 Å². The number of benzene rings is 1. The van der Waals surface area contributed by atoms with Gasteiger partial charge >= 0.3 is 5.97 Å². The first-order valence-electron chi connectivity index (χ1n) is 11.4. The molecule has 0 spiro atoms. The van der Waals surface area contributed by atoms with Gasteiger partial charge in [-0.05, 0) is 13.3 Å². The third-order valence-electron chi connectivity index (χ3n) is 4.32. The Labute approximate surface area is 202 Å². The molecule has 0 heterocycles. The Morgan fingerprint density at radius 3 is 1.37 bits per heavy atom. The fourth-order valence-electron chi connectivity index (χ4n) is 2.51. The lowest BCUT2D eigenvalue weighted by atomic mass is 10.2. The van der Waals surface area contributed by atoms with Gasteiger partial charge in [0.15, 0.2) is 17.4 Å². The second-order valence-electron chi connectivity index (χ2n) is 7.11. The van der Waals surface area contributed by atoms with Crippen molar-refractivity contribution in [2.45, 2.75) is 26.7 Å². The molecule has 0 aliphatic carbocycles. The first-order valence-corrected chi connectivity index (χ1v) is 11.4. The maximum Gasteiger partial charge on any atom is 0.313 e. The second-order valence-corrected chi connectivity index (χ2v) is 7.11. The van der Waals surface area contributed by atoms with Crippen LogP contribution in [-0.4, -0.2) is 85.3 Å². The van der Waals surface area contributed by atoms with Crippen molar-refractivity contribution in [3.8, 4) is 5.75 Å². The van der Waals surface area contributed by atoms with E-state index in [1.165, 1.54) is 0 Å². The number of ether oxygens (including phenoxy) is 7. The summed E-state index contributed by atoms with van der Waals surface area (Å²) < 4.78 is 90.0. The fourth-order valence-corrected chi connectivity index (χ4v) is 2.51. The minimum atomic E-state index is -2.05. The quantitative estimate of drug-likeness (QED) is 0.0617. The summed E-state index contributed by atoms with van der Waals surface area (Å²) in [7, 11) is 0. The van der Waals surface area contributed by atoms with Crippen molar-refractivity contribution in [1.82, 2.24) is 0 Å². The van der Waals surface area contributed by atoms with E-state index in [9.17, 15) is 22.4 Å². The molecule has 0 aliphatic heterocycles. The van der Waals surface area contributed by atoms with Crippen molar-refractivity contribution in [3.05, 3.63) is 28.8 Å². The highest BCUT2D eigenvalue weighted by atomic mass is 19.2. The zero-order valence-corrected chi connectivity index (χ0v) is 20.2. The van der Waals surface area contributed by atoms with Crippen molar-refractivity contribution in [2.75, 3.05) is 79.3 Å². The van der Waals surface area contributed by atoms with Crippen molar-refractivity contribution in [2.24, 2.45) is 0 Å². The lowest BCUT2D eigenvalue weighted by Crippen LogP contribution is -2.16. The number of carbonyl (C=O) groups is 1. The molecular weight excluding hydrogens is 480 g/mol. The first kappa shape index (κ1) is 31.2. The first-order chi connectivity index (χ1) is 16.9. The molecule has 1 aromatic rings. The fraction of sp³-hybridized carbons (Fsp3) is 0.696. The topological polar surface area (TPSA) is 81.7 Å². The van der Waals surface area contributed by atoms with E-state index in [-0.39, 0.29) is 26.2 Å². The van der Waals surface area contributed by atoms with Crippen molar-refractivity contribution in [1.29, 1.82) is 0 Å². The van der Waals surface area contributed by atoms with Gasteiger partial charge < -0.3 is 33.2 Å². The van der Waals surface area contributed by atoms with E-state index in [1.807, 2.05) is 6.92 Å². The zero-order valence-electron chi connectivity index (χ0n) is 20.2. The summed E-state index contributed by atoms with van der Waals surface area (Å²) in [5.74, 6) is -9.37. The van der Waals surface area contributed by atoms with Gasteiger partial charge in [-0.15, -0.1) is 0 Å². The minimum absolute atomic E-state index is 0.0850. The molecule has 35 heavy (non-hydrogen) atoms. The third-order valence-corrected chi connectivity index (χ3v) is 4.32. The average molecular weight is 515 g/mol. The van der Waals surface area contributed by atoms with Gasteiger partial charge in [-0.3, -0.25) is 4.79 Å². The van der Waals surface area contributed by atoms with Gasteiger partial charge in [0.05, 0.1) is 79.1 Å². The molecule has 8 nitrogen and oxygen atoms in total. The lowest BCUT2D eigenvalue weighted by Gasteiger charge is -2.11. The van der Waals surface area contributed by atoms with Crippen LogP contribution in [0.4, 0.5) is 17.6 Å². The van der Waals surface area contributed by atoms with Gasteiger partial charge in [0.1, 0.15) is 0 Å². The Balaban J connectivity index is 1.94. The van der Waals surface area contributed by atoms with E-state index in [0.29, 0.717) is 52.9 Å². The van der Waals surface area contributed by atoms with E-state index in [1.54, 1.807) is 0 Å². The minimum Gasteiger partial charge on any atom is -0.423 e. The number of hydrogen-bond donors (Lipinski definition) is 0. The molecule has 0 bridgehead atoms. The molecule has 0 amide bonds. The molecule has 0 aromatic heterocycles. The van der Waals surface area contributed by atoms with E-state index in [0.717, 1.165) is 20.0 Å². The molecule has 0 saturated carbocycles. The van der Waals surface area contributed by atoms with Crippen LogP contribution in [0.5, 0.6) is 5.75 Å². The summed E-state index contributed by atoms with van der Waals surface area (Å²) in [6, 6.07) is 0. The summed E-state index contributed by atoms with van der Waals surface area (Å²) in [5, 5.41) is 0. The number of hydrogen-bond acceptors (Lipinski definition) is 8. The van der Waals surface area contributed by atoms with Crippen molar-refractivity contribution < 1.29 is 55.5 Å². The average Bonchev–Trinajstić information content (AvgIpc) is 2.85. The monoisotopic (exact) mass is 514 g/mol. The van der Waals surface area contributed by atoms with Crippen LogP contribution in [0.15, 0.2) is 0 Å². The Hall–Kier alpha value is -1.83. The van der Waals surface area contributed by atoms with E-state index < -0.39 is 40.6 Å². The Bertz CT molecular complexity index is 707. The zero-order chi connectivity index (χ0) is 25.9. The highest BCUT2D eigenvalue weighted by Gasteiger charge is 2.25. The van der Waals surface area contributed by atoms with Gasteiger partial charge in [-0.1, -0.05) is 6.92 Å². The molecule has 0 unspecified atom stereocenters. The summed E-state index contributed by atoms with van der Waals surface area (Å²) in [6.45, 7) is 7.76. The van der Waals surface area contributed by atoms with Gasteiger partial charge in [-0.25, -0.2) is 13.2 Å². The molecule has 202 valence electrons.